The third-order valence-electron chi connectivity index (χ3n) is 3.57. The highest BCUT2D eigenvalue weighted by Crippen LogP contribution is 2.20. The average molecular weight is 307 g/mol. The third kappa shape index (κ3) is 5.04. The lowest BCUT2D eigenvalue weighted by molar-refractivity contribution is -0.141. The summed E-state index contributed by atoms with van der Waals surface area (Å²) in [5, 5.41) is 8.84. The van der Waals surface area contributed by atoms with E-state index in [2.05, 4.69) is 0 Å². The van der Waals surface area contributed by atoms with Gasteiger partial charge in [-0.15, -0.1) is 0 Å². The normalized spacial score (nSPS) is 17.5. The lowest BCUT2D eigenvalue weighted by Gasteiger charge is -2.23. The first kappa shape index (κ1) is 16.3. The first-order valence-electron chi connectivity index (χ1n) is 7.43. The second-order valence-corrected chi connectivity index (χ2v) is 5.20. The SMILES string of the molecule is O=C(O)CC1CCCN1C(=O)COCCOc1ccccc1. The number of hydrogen-bond acceptors (Lipinski definition) is 4. The predicted octanol–water partition coefficient (Wildman–Crippen LogP) is 1.55. The molecule has 6 heteroatoms. The van der Waals surface area contributed by atoms with Gasteiger partial charge in [0.15, 0.2) is 0 Å². The van der Waals surface area contributed by atoms with E-state index in [1.165, 1.54) is 0 Å². The fraction of sp³-hybridized carbons (Fsp3) is 0.500. The second kappa shape index (κ2) is 8.38. The van der Waals surface area contributed by atoms with Gasteiger partial charge in [-0.1, -0.05) is 18.2 Å². The molecule has 0 bridgehead atoms. The Hall–Kier alpha value is -2.08. The fourth-order valence-corrected chi connectivity index (χ4v) is 2.56. The zero-order valence-electron chi connectivity index (χ0n) is 12.4. The van der Waals surface area contributed by atoms with Crippen LogP contribution in [-0.2, 0) is 14.3 Å². The number of ether oxygens (including phenoxy) is 2. The molecule has 1 aromatic carbocycles. The number of rotatable bonds is 8. The number of nitrogens with zero attached hydrogens (tertiary/aromatic N) is 1. The maximum absolute atomic E-state index is 12.0. The number of hydrogen-bond donors (Lipinski definition) is 1. The van der Waals surface area contributed by atoms with Gasteiger partial charge in [-0.2, -0.15) is 0 Å². The van der Waals surface area contributed by atoms with Crippen molar-refractivity contribution in [3.63, 3.8) is 0 Å². The predicted molar refractivity (Wildman–Crippen MR) is 79.7 cm³/mol. The Morgan fingerprint density at radius 2 is 2.00 bits per heavy atom. The number of carboxylic acids is 1. The highest BCUT2D eigenvalue weighted by Gasteiger charge is 2.30. The van der Waals surface area contributed by atoms with E-state index < -0.39 is 5.97 Å². The molecule has 1 aliphatic heterocycles. The van der Waals surface area contributed by atoms with Gasteiger partial charge in [0.1, 0.15) is 19.0 Å². The number of carboxylic acid groups (broad SMARTS) is 1. The van der Waals surface area contributed by atoms with Crippen LogP contribution in [0, 0.1) is 0 Å². The van der Waals surface area contributed by atoms with Crippen molar-refractivity contribution in [3.05, 3.63) is 30.3 Å². The van der Waals surface area contributed by atoms with Crippen LogP contribution >= 0.6 is 0 Å². The van der Waals surface area contributed by atoms with Gasteiger partial charge in [-0.25, -0.2) is 0 Å². The number of aliphatic carboxylic acids is 1. The minimum Gasteiger partial charge on any atom is -0.491 e. The van der Waals surface area contributed by atoms with Crippen LogP contribution in [0.3, 0.4) is 0 Å². The number of carbonyl (C=O) groups is 2. The molecule has 120 valence electrons. The molecule has 1 aliphatic rings. The van der Waals surface area contributed by atoms with E-state index in [9.17, 15) is 9.59 Å². The van der Waals surface area contributed by atoms with Crippen LogP contribution in [0.2, 0.25) is 0 Å². The maximum atomic E-state index is 12.0. The van der Waals surface area contributed by atoms with Gasteiger partial charge in [0, 0.05) is 12.6 Å². The highest BCUT2D eigenvalue weighted by atomic mass is 16.5. The van der Waals surface area contributed by atoms with E-state index >= 15 is 0 Å². The summed E-state index contributed by atoms with van der Waals surface area (Å²) in [4.78, 5) is 24.4. The molecule has 0 saturated carbocycles. The van der Waals surface area contributed by atoms with Crippen molar-refractivity contribution in [1.82, 2.24) is 4.90 Å². The van der Waals surface area contributed by atoms with Crippen LogP contribution in [0.1, 0.15) is 19.3 Å². The zero-order valence-corrected chi connectivity index (χ0v) is 12.4. The van der Waals surface area contributed by atoms with Gasteiger partial charge in [0.2, 0.25) is 5.91 Å². The summed E-state index contributed by atoms with van der Waals surface area (Å²) < 4.78 is 10.8. The van der Waals surface area contributed by atoms with Gasteiger partial charge < -0.3 is 19.5 Å². The van der Waals surface area contributed by atoms with Crippen LogP contribution in [0.4, 0.5) is 0 Å². The third-order valence-corrected chi connectivity index (χ3v) is 3.57. The van der Waals surface area contributed by atoms with E-state index in [4.69, 9.17) is 14.6 Å². The van der Waals surface area contributed by atoms with Crippen LogP contribution in [0.15, 0.2) is 30.3 Å². The van der Waals surface area contributed by atoms with Crippen molar-refractivity contribution in [2.75, 3.05) is 26.4 Å². The minimum absolute atomic E-state index is 0.00284. The molecule has 1 heterocycles. The molecule has 2 rings (SSSR count). The van der Waals surface area contributed by atoms with Gasteiger partial charge in [0.05, 0.1) is 13.0 Å². The van der Waals surface area contributed by atoms with Crippen molar-refractivity contribution in [2.24, 2.45) is 0 Å². The molecule has 6 nitrogen and oxygen atoms in total. The summed E-state index contributed by atoms with van der Waals surface area (Å²) in [6.45, 7) is 1.27. The first-order valence-corrected chi connectivity index (χ1v) is 7.43. The molecule has 0 aromatic heterocycles. The second-order valence-electron chi connectivity index (χ2n) is 5.20. The summed E-state index contributed by atoms with van der Waals surface area (Å²) in [6.07, 6.45) is 1.60. The Morgan fingerprint density at radius 3 is 2.73 bits per heavy atom. The Labute approximate surface area is 129 Å². The largest absolute Gasteiger partial charge is 0.491 e. The summed E-state index contributed by atoms with van der Waals surface area (Å²) in [7, 11) is 0. The molecule has 1 aromatic rings. The van der Waals surface area contributed by atoms with E-state index in [0.29, 0.717) is 19.8 Å². The van der Waals surface area contributed by atoms with Crippen molar-refractivity contribution in [2.45, 2.75) is 25.3 Å². The average Bonchev–Trinajstić information content (AvgIpc) is 2.95. The van der Waals surface area contributed by atoms with Crippen molar-refractivity contribution in [1.29, 1.82) is 0 Å². The summed E-state index contributed by atoms with van der Waals surface area (Å²) in [6, 6.07) is 9.18. The van der Waals surface area contributed by atoms with E-state index in [0.717, 1.165) is 18.6 Å². The Balaban J connectivity index is 1.64. The number of para-hydroxylation sites is 1. The number of likely N-dealkylation sites (tertiary alicyclic amines) is 1. The Morgan fingerprint density at radius 1 is 1.23 bits per heavy atom. The molecule has 1 N–H and O–H groups in total. The maximum Gasteiger partial charge on any atom is 0.305 e. The van der Waals surface area contributed by atoms with E-state index in [1.807, 2.05) is 30.3 Å². The van der Waals surface area contributed by atoms with Gasteiger partial charge in [-0.05, 0) is 25.0 Å². The van der Waals surface area contributed by atoms with Crippen molar-refractivity contribution >= 4 is 11.9 Å². The highest BCUT2D eigenvalue weighted by molar-refractivity contribution is 5.79. The lowest BCUT2D eigenvalue weighted by Crippen LogP contribution is -2.39. The van der Waals surface area contributed by atoms with Gasteiger partial charge in [-0.3, -0.25) is 9.59 Å². The van der Waals surface area contributed by atoms with Crippen LogP contribution in [0.5, 0.6) is 5.75 Å². The first-order chi connectivity index (χ1) is 10.7. The number of benzene rings is 1. The lowest BCUT2D eigenvalue weighted by atomic mass is 10.1. The molecular weight excluding hydrogens is 286 g/mol. The quantitative estimate of drug-likeness (QED) is 0.737. The number of amides is 1. The molecule has 1 amide bonds. The Bertz CT molecular complexity index is 491. The van der Waals surface area contributed by atoms with E-state index in [-0.39, 0.29) is 25.0 Å². The topological polar surface area (TPSA) is 76.1 Å². The fourth-order valence-electron chi connectivity index (χ4n) is 2.56. The smallest absolute Gasteiger partial charge is 0.305 e. The molecule has 1 saturated heterocycles. The molecule has 22 heavy (non-hydrogen) atoms. The molecule has 1 unspecified atom stereocenters. The standard InChI is InChI=1S/C16H21NO5/c18-15(17-8-4-5-13(17)11-16(19)20)12-21-9-10-22-14-6-2-1-3-7-14/h1-3,6-7,13H,4-5,8-12H2,(H,19,20). The molecule has 0 aliphatic carbocycles. The molecule has 1 atom stereocenters. The molecular formula is C16H21NO5. The van der Waals surface area contributed by atoms with E-state index in [1.54, 1.807) is 4.90 Å². The van der Waals surface area contributed by atoms with Gasteiger partial charge in [0.25, 0.3) is 0 Å². The molecule has 1 fully saturated rings. The molecule has 0 spiro atoms. The van der Waals surface area contributed by atoms with Crippen LogP contribution < -0.4 is 4.74 Å². The van der Waals surface area contributed by atoms with Crippen molar-refractivity contribution < 1.29 is 24.2 Å². The summed E-state index contributed by atoms with van der Waals surface area (Å²) >= 11 is 0. The molecule has 0 radical (unpaired) electrons. The zero-order chi connectivity index (χ0) is 15.8. The van der Waals surface area contributed by atoms with Crippen LogP contribution in [-0.4, -0.2) is 54.3 Å². The van der Waals surface area contributed by atoms with Gasteiger partial charge >= 0.3 is 5.97 Å². The monoisotopic (exact) mass is 307 g/mol. The Kier molecular flexibility index (Phi) is 6.21. The summed E-state index contributed by atoms with van der Waals surface area (Å²) in [5.41, 5.74) is 0. The van der Waals surface area contributed by atoms with Crippen molar-refractivity contribution in [3.8, 4) is 5.75 Å². The van der Waals surface area contributed by atoms with Crippen LogP contribution in [0.25, 0.3) is 0 Å². The minimum atomic E-state index is -0.873. The summed E-state index contributed by atoms with van der Waals surface area (Å²) in [5.74, 6) is -0.260. The number of carbonyl (C=O) groups excluding carboxylic acids is 1.